The van der Waals surface area contributed by atoms with Crippen LogP contribution in [0.4, 0.5) is 5.69 Å². The lowest BCUT2D eigenvalue weighted by atomic mass is 10.1. The van der Waals surface area contributed by atoms with Gasteiger partial charge in [-0.3, -0.25) is 4.79 Å². The fourth-order valence-corrected chi connectivity index (χ4v) is 2.49. The minimum atomic E-state index is -0.0841. The zero-order chi connectivity index (χ0) is 13.4. The van der Waals surface area contributed by atoms with E-state index >= 15 is 0 Å². The molecule has 1 aliphatic heterocycles. The molecule has 0 spiro atoms. The number of ether oxygens (including phenoxy) is 1. The molecule has 0 saturated carbocycles. The van der Waals surface area contributed by atoms with Gasteiger partial charge in [-0.05, 0) is 31.5 Å². The number of nitrogens with one attached hydrogen (secondary N) is 2. The Morgan fingerprint density at radius 2 is 2.37 bits per heavy atom. The molecule has 4 N–H and O–H groups in total. The lowest BCUT2D eigenvalue weighted by Crippen LogP contribution is -2.39. The standard InChI is InChI=1S/C14H17N3O2/c1-8-12(4-5-19-8)17-14(18)11-7-16-13-3-2-9(15)6-10(11)13/h2-3,6-8,12,16H,4-5,15H2,1H3,(H,17,18). The summed E-state index contributed by atoms with van der Waals surface area (Å²) in [5.41, 5.74) is 7.96. The summed E-state index contributed by atoms with van der Waals surface area (Å²) < 4.78 is 5.45. The van der Waals surface area contributed by atoms with Crippen molar-refractivity contribution in [2.45, 2.75) is 25.5 Å². The second-order valence-corrected chi connectivity index (χ2v) is 4.95. The Balaban J connectivity index is 1.87. The van der Waals surface area contributed by atoms with E-state index in [-0.39, 0.29) is 18.1 Å². The molecule has 2 unspecified atom stereocenters. The van der Waals surface area contributed by atoms with Crippen molar-refractivity contribution in [1.82, 2.24) is 10.3 Å². The van der Waals surface area contributed by atoms with E-state index < -0.39 is 0 Å². The van der Waals surface area contributed by atoms with Gasteiger partial charge in [-0.25, -0.2) is 0 Å². The van der Waals surface area contributed by atoms with Crippen molar-refractivity contribution in [3.05, 3.63) is 30.0 Å². The first-order valence-electron chi connectivity index (χ1n) is 6.44. The molecule has 1 saturated heterocycles. The number of nitrogen functional groups attached to an aromatic ring is 1. The number of fused-ring (bicyclic) bond motifs is 1. The van der Waals surface area contributed by atoms with Crippen molar-refractivity contribution in [3.8, 4) is 0 Å². The van der Waals surface area contributed by atoms with Gasteiger partial charge in [0.25, 0.3) is 5.91 Å². The Bertz CT molecular complexity index is 620. The second kappa shape index (κ2) is 4.59. The van der Waals surface area contributed by atoms with Crippen LogP contribution >= 0.6 is 0 Å². The third-order valence-corrected chi connectivity index (χ3v) is 3.64. The molecule has 1 aliphatic rings. The number of carbonyl (C=O) groups excluding carboxylic acids is 1. The summed E-state index contributed by atoms with van der Waals surface area (Å²) in [6, 6.07) is 5.59. The second-order valence-electron chi connectivity index (χ2n) is 4.95. The molecular formula is C14H17N3O2. The summed E-state index contributed by atoms with van der Waals surface area (Å²) in [4.78, 5) is 15.4. The number of rotatable bonds is 2. The molecule has 0 bridgehead atoms. The average Bonchev–Trinajstić information content (AvgIpc) is 2.96. The molecule has 1 fully saturated rings. The van der Waals surface area contributed by atoms with Crippen LogP contribution in [0.5, 0.6) is 0 Å². The fourth-order valence-electron chi connectivity index (χ4n) is 2.49. The number of benzene rings is 1. The highest BCUT2D eigenvalue weighted by atomic mass is 16.5. The summed E-state index contributed by atoms with van der Waals surface area (Å²) in [5.74, 6) is -0.0841. The maximum Gasteiger partial charge on any atom is 0.253 e. The topological polar surface area (TPSA) is 80.1 Å². The molecule has 0 aliphatic carbocycles. The minimum Gasteiger partial charge on any atom is -0.399 e. The zero-order valence-electron chi connectivity index (χ0n) is 10.8. The van der Waals surface area contributed by atoms with Gasteiger partial charge >= 0.3 is 0 Å². The molecule has 5 nitrogen and oxygen atoms in total. The maximum absolute atomic E-state index is 12.3. The van der Waals surface area contributed by atoms with Gasteiger partial charge in [-0.15, -0.1) is 0 Å². The predicted octanol–water partition coefficient (Wildman–Crippen LogP) is 1.66. The van der Waals surface area contributed by atoms with Gasteiger partial charge in [0.15, 0.2) is 0 Å². The fraction of sp³-hybridized carbons (Fsp3) is 0.357. The first kappa shape index (κ1) is 12.0. The molecule has 0 radical (unpaired) electrons. The Morgan fingerprint density at radius 3 is 3.11 bits per heavy atom. The highest BCUT2D eigenvalue weighted by Crippen LogP contribution is 2.22. The third kappa shape index (κ3) is 2.17. The lowest BCUT2D eigenvalue weighted by Gasteiger charge is -2.15. The average molecular weight is 259 g/mol. The van der Waals surface area contributed by atoms with Gasteiger partial charge in [0, 0.05) is 29.4 Å². The van der Waals surface area contributed by atoms with Crippen LogP contribution in [0.2, 0.25) is 0 Å². The lowest BCUT2D eigenvalue weighted by molar-refractivity contribution is 0.0867. The smallest absolute Gasteiger partial charge is 0.253 e. The van der Waals surface area contributed by atoms with Crippen LogP contribution < -0.4 is 11.1 Å². The summed E-state index contributed by atoms with van der Waals surface area (Å²) in [6.07, 6.45) is 2.65. The number of aromatic amines is 1. The predicted molar refractivity (Wildman–Crippen MR) is 74.0 cm³/mol. The molecule has 5 heteroatoms. The largest absolute Gasteiger partial charge is 0.399 e. The van der Waals surface area contributed by atoms with Gasteiger partial charge in [0.1, 0.15) is 0 Å². The monoisotopic (exact) mass is 259 g/mol. The number of amides is 1. The number of aromatic nitrogens is 1. The van der Waals surface area contributed by atoms with E-state index in [0.29, 0.717) is 17.9 Å². The van der Waals surface area contributed by atoms with Crippen molar-refractivity contribution < 1.29 is 9.53 Å². The molecule has 1 aromatic heterocycles. The van der Waals surface area contributed by atoms with Crippen LogP contribution in [0, 0.1) is 0 Å². The summed E-state index contributed by atoms with van der Waals surface area (Å²) in [6.45, 7) is 2.68. The Labute approximate surface area is 111 Å². The Morgan fingerprint density at radius 1 is 1.53 bits per heavy atom. The van der Waals surface area contributed by atoms with Crippen LogP contribution in [0.25, 0.3) is 10.9 Å². The van der Waals surface area contributed by atoms with Crippen molar-refractivity contribution in [1.29, 1.82) is 0 Å². The van der Waals surface area contributed by atoms with E-state index in [0.717, 1.165) is 17.3 Å². The van der Waals surface area contributed by atoms with Crippen LogP contribution in [0.3, 0.4) is 0 Å². The summed E-state index contributed by atoms with van der Waals surface area (Å²) >= 11 is 0. The van der Waals surface area contributed by atoms with Gasteiger partial charge in [-0.1, -0.05) is 0 Å². The molecular weight excluding hydrogens is 242 g/mol. The van der Waals surface area contributed by atoms with Crippen molar-refractivity contribution in [3.63, 3.8) is 0 Å². The first-order chi connectivity index (χ1) is 9.15. The van der Waals surface area contributed by atoms with Crippen LogP contribution in [-0.2, 0) is 4.74 Å². The quantitative estimate of drug-likeness (QED) is 0.717. The number of hydrogen-bond donors (Lipinski definition) is 3. The van der Waals surface area contributed by atoms with Gasteiger partial charge in [0.05, 0.1) is 17.7 Å². The van der Waals surface area contributed by atoms with Crippen molar-refractivity contribution in [2.24, 2.45) is 0 Å². The molecule has 19 heavy (non-hydrogen) atoms. The first-order valence-corrected chi connectivity index (χ1v) is 6.44. The van der Waals surface area contributed by atoms with E-state index in [1.807, 2.05) is 25.1 Å². The van der Waals surface area contributed by atoms with E-state index in [9.17, 15) is 4.79 Å². The van der Waals surface area contributed by atoms with Crippen molar-refractivity contribution in [2.75, 3.05) is 12.3 Å². The highest BCUT2D eigenvalue weighted by Gasteiger charge is 2.26. The maximum atomic E-state index is 12.3. The number of carbonyl (C=O) groups is 1. The third-order valence-electron chi connectivity index (χ3n) is 3.64. The van der Waals surface area contributed by atoms with Crippen LogP contribution in [0.1, 0.15) is 23.7 Å². The van der Waals surface area contributed by atoms with Crippen molar-refractivity contribution >= 4 is 22.5 Å². The minimum absolute atomic E-state index is 0.0687. The summed E-state index contributed by atoms with van der Waals surface area (Å²) in [5, 5.41) is 3.87. The number of hydrogen-bond acceptors (Lipinski definition) is 3. The van der Waals surface area contributed by atoms with E-state index in [2.05, 4.69) is 10.3 Å². The molecule has 100 valence electrons. The van der Waals surface area contributed by atoms with Gasteiger partial charge in [-0.2, -0.15) is 0 Å². The van der Waals surface area contributed by atoms with Crippen LogP contribution in [-0.4, -0.2) is 29.6 Å². The highest BCUT2D eigenvalue weighted by molar-refractivity contribution is 6.07. The normalized spacial score (nSPS) is 22.8. The van der Waals surface area contributed by atoms with Crippen LogP contribution in [0.15, 0.2) is 24.4 Å². The summed E-state index contributed by atoms with van der Waals surface area (Å²) in [7, 11) is 0. The molecule has 1 amide bonds. The van der Waals surface area contributed by atoms with E-state index in [1.54, 1.807) is 6.20 Å². The number of nitrogens with two attached hydrogens (primary N) is 1. The Hall–Kier alpha value is -2.01. The van der Waals surface area contributed by atoms with Gasteiger partial charge < -0.3 is 20.8 Å². The molecule has 3 rings (SSSR count). The molecule has 1 aromatic carbocycles. The molecule has 2 atom stereocenters. The van der Waals surface area contributed by atoms with E-state index in [1.165, 1.54) is 0 Å². The Kier molecular flexibility index (Phi) is 2.91. The van der Waals surface area contributed by atoms with E-state index in [4.69, 9.17) is 10.5 Å². The van der Waals surface area contributed by atoms with Gasteiger partial charge in [0.2, 0.25) is 0 Å². The number of H-pyrrole nitrogens is 1. The molecule has 2 heterocycles. The molecule has 2 aromatic rings. The number of anilines is 1. The zero-order valence-corrected chi connectivity index (χ0v) is 10.8. The SMILES string of the molecule is CC1OCCC1NC(=O)c1c[nH]c2ccc(N)cc12.